The van der Waals surface area contributed by atoms with Crippen LogP contribution in [-0.2, 0) is 4.74 Å². The maximum absolute atomic E-state index is 5.35. The minimum absolute atomic E-state index is 0.748. The van der Waals surface area contributed by atoms with Crippen LogP contribution in [0.15, 0.2) is 36.0 Å². The van der Waals surface area contributed by atoms with Crippen LogP contribution in [0, 0.1) is 0 Å². The van der Waals surface area contributed by atoms with Crippen LogP contribution >= 0.6 is 0 Å². The molecule has 0 spiro atoms. The van der Waals surface area contributed by atoms with Crippen LogP contribution < -0.4 is 0 Å². The third-order valence-electron chi connectivity index (χ3n) is 1.96. The molecule has 0 amide bonds. The van der Waals surface area contributed by atoms with Gasteiger partial charge in [-0.3, -0.25) is 0 Å². The van der Waals surface area contributed by atoms with Crippen LogP contribution in [0.1, 0.15) is 19.8 Å². The summed E-state index contributed by atoms with van der Waals surface area (Å²) in [5.41, 5.74) is 2.72. The fourth-order valence-electron chi connectivity index (χ4n) is 1.39. The van der Waals surface area contributed by atoms with Gasteiger partial charge in [0.2, 0.25) is 0 Å². The highest BCUT2D eigenvalue weighted by molar-refractivity contribution is 5.35. The van der Waals surface area contributed by atoms with Crippen molar-refractivity contribution in [2.75, 3.05) is 13.2 Å². The van der Waals surface area contributed by atoms with E-state index in [2.05, 4.69) is 19.6 Å². The van der Waals surface area contributed by atoms with E-state index in [0.29, 0.717) is 0 Å². The average molecular weight is 164 g/mol. The quantitative estimate of drug-likeness (QED) is 0.609. The third kappa shape index (κ3) is 2.35. The molecular weight excluding hydrogens is 148 g/mol. The molecular formula is C11H16O. The first-order chi connectivity index (χ1) is 5.88. The van der Waals surface area contributed by atoms with Crippen molar-refractivity contribution in [2.24, 2.45) is 0 Å². The molecule has 1 aliphatic rings. The van der Waals surface area contributed by atoms with Crippen molar-refractivity contribution in [1.82, 2.24) is 0 Å². The molecule has 0 aromatic heterocycles. The van der Waals surface area contributed by atoms with Gasteiger partial charge in [-0.2, -0.15) is 0 Å². The molecule has 0 atom stereocenters. The van der Waals surface area contributed by atoms with Crippen molar-refractivity contribution >= 4 is 0 Å². The van der Waals surface area contributed by atoms with Crippen molar-refractivity contribution in [3.63, 3.8) is 0 Å². The van der Waals surface area contributed by atoms with Gasteiger partial charge in [-0.15, -0.1) is 0 Å². The molecule has 1 aliphatic heterocycles. The molecule has 1 heterocycles. The normalized spacial score (nSPS) is 24.8. The smallest absolute Gasteiger partial charge is 0.0719 e. The Morgan fingerprint density at radius 3 is 3.00 bits per heavy atom. The zero-order valence-corrected chi connectivity index (χ0v) is 7.68. The summed E-state index contributed by atoms with van der Waals surface area (Å²) in [6.07, 6.45) is 8.29. The number of hydrogen-bond acceptors (Lipinski definition) is 1. The Kier molecular flexibility index (Phi) is 3.81. The lowest BCUT2D eigenvalue weighted by Crippen LogP contribution is -2.10. The van der Waals surface area contributed by atoms with E-state index < -0.39 is 0 Å². The van der Waals surface area contributed by atoms with Gasteiger partial charge in [0.15, 0.2) is 0 Å². The Labute approximate surface area is 74.4 Å². The Hall–Kier alpha value is -0.820. The summed E-state index contributed by atoms with van der Waals surface area (Å²) in [6.45, 7) is 7.46. The molecule has 1 heteroatoms. The fraction of sp³-hybridized carbons (Fsp3) is 0.455. The van der Waals surface area contributed by atoms with E-state index in [1.165, 1.54) is 11.1 Å². The highest BCUT2D eigenvalue weighted by Gasteiger charge is 2.09. The second kappa shape index (κ2) is 4.94. The highest BCUT2D eigenvalue weighted by atomic mass is 16.5. The molecule has 1 rings (SSSR count). The first kappa shape index (κ1) is 9.27. The van der Waals surface area contributed by atoms with Crippen molar-refractivity contribution in [2.45, 2.75) is 19.8 Å². The van der Waals surface area contributed by atoms with Gasteiger partial charge >= 0.3 is 0 Å². The fourth-order valence-corrected chi connectivity index (χ4v) is 1.39. The summed E-state index contributed by atoms with van der Waals surface area (Å²) in [4.78, 5) is 0. The predicted octanol–water partition coefficient (Wildman–Crippen LogP) is 2.86. The lowest BCUT2D eigenvalue weighted by Gasteiger charge is -2.18. The van der Waals surface area contributed by atoms with E-state index in [0.717, 1.165) is 26.1 Å². The molecule has 12 heavy (non-hydrogen) atoms. The van der Waals surface area contributed by atoms with E-state index in [4.69, 9.17) is 4.74 Å². The zero-order valence-electron chi connectivity index (χ0n) is 7.68. The number of hydrogen-bond donors (Lipinski definition) is 0. The van der Waals surface area contributed by atoms with Gasteiger partial charge in [-0.25, -0.2) is 0 Å². The lowest BCUT2D eigenvalue weighted by molar-refractivity contribution is 0.146. The Morgan fingerprint density at radius 1 is 1.50 bits per heavy atom. The summed E-state index contributed by atoms with van der Waals surface area (Å²) >= 11 is 0. The monoisotopic (exact) mass is 164 g/mol. The maximum atomic E-state index is 5.35. The SMILES string of the molecule is C=C/C=C1/COCC/C1=C/CC. The second-order valence-electron chi connectivity index (χ2n) is 2.87. The van der Waals surface area contributed by atoms with Crippen LogP contribution in [0.3, 0.4) is 0 Å². The molecule has 0 bridgehead atoms. The Morgan fingerprint density at radius 2 is 2.33 bits per heavy atom. The van der Waals surface area contributed by atoms with Gasteiger partial charge in [0.1, 0.15) is 0 Å². The molecule has 0 radical (unpaired) electrons. The zero-order chi connectivity index (χ0) is 8.81. The predicted molar refractivity (Wildman–Crippen MR) is 52.1 cm³/mol. The van der Waals surface area contributed by atoms with E-state index in [1.54, 1.807) is 0 Å². The van der Waals surface area contributed by atoms with Gasteiger partial charge in [0.25, 0.3) is 0 Å². The standard InChI is InChI=1S/C11H16O/c1-3-5-10-7-8-12-9-11(10)6-4-2/h4-6H,2-3,7-9H2,1H3/b10-5-,11-6-. The molecule has 1 nitrogen and oxygen atoms in total. The molecule has 0 aromatic carbocycles. The van der Waals surface area contributed by atoms with E-state index in [1.807, 2.05) is 12.2 Å². The highest BCUT2D eigenvalue weighted by Crippen LogP contribution is 2.20. The van der Waals surface area contributed by atoms with Gasteiger partial charge in [0.05, 0.1) is 13.2 Å². The molecule has 0 saturated carbocycles. The molecule has 0 N–H and O–H groups in total. The average Bonchev–Trinajstić information content (AvgIpc) is 2.09. The van der Waals surface area contributed by atoms with E-state index in [9.17, 15) is 0 Å². The molecule has 66 valence electrons. The summed E-state index contributed by atoms with van der Waals surface area (Å²) in [5.74, 6) is 0. The van der Waals surface area contributed by atoms with Gasteiger partial charge in [-0.1, -0.05) is 31.7 Å². The molecule has 1 fully saturated rings. The van der Waals surface area contributed by atoms with E-state index in [-0.39, 0.29) is 0 Å². The van der Waals surface area contributed by atoms with Crippen LogP contribution in [0.2, 0.25) is 0 Å². The molecule has 0 aromatic rings. The van der Waals surface area contributed by atoms with Crippen LogP contribution in [0.5, 0.6) is 0 Å². The molecule has 1 saturated heterocycles. The summed E-state index contributed by atoms with van der Waals surface area (Å²) < 4.78 is 5.35. The van der Waals surface area contributed by atoms with Crippen molar-refractivity contribution < 1.29 is 4.74 Å². The van der Waals surface area contributed by atoms with Crippen LogP contribution in [0.25, 0.3) is 0 Å². The largest absolute Gasteiger partial charge is 0.376 e. The molecule has 0 aliphatic carbocycles. The maximum Gasteiger partial charge on any atom is 0.0719 e. The summed E-state index contributed by atoms with van der Waals surface area (Å²) in [5, 5.41) is 0. The topological polar surface area (TPSA) is 9.23 Å². The van der Waals surface area contributed by atoms with Crippen LogP contribution in [-0.4, -0.2) is 13.2 Å². The summed E-state index contributed by atoms with van der Waals surface area (Å²) in [7, 11) is 0. The second-order valence-corrected chi connectivity index (χ2v) is 2.87. The number of rotatable bonds is 2. The number of ether oxygens (including phenoxy) is 1. The third-order valence-corrected chi connectivity index (χ3v) is 1.96. The van der Waals surface area contributed by atoms with Gasteiger partial charge in [0, 0.05) is 0 Å². The van der Waals surface area contributed by atoms with E-state index >= 15 is 0 Å². The van der Waals surface area contributed by atoms with Crippen molar-refractivity contribution in [1.29, 1.82) is 0 Å². The minimum Gasteiger partial charge on any atom is -0.376 e. The first-order valence-corrected chi connectivity index (χ1v) is 4.47. The Bertz CT molecular complexity index is 211. The number of allylic oxidation sites excluding steroid dienone is 3. The van der Waals surface area contributed by atoms with Crippen molar-refractivity contribution in [3.05, 3.63) is 36.0 Å². The van der Waals surface area contributed by atoms with Crippen molar-refractivity contribution in [3.8, 4) is 0 Å². The van der Waals surface area contributed by atoms with Crippen LogP contribution in [0.4, 0.5) is 0 Å². The molecule has 0 unspecified atom stereocenters. The Balaban J connectivity index is 2.73. The lowest BCUT2D eigenvalue weighted by atomic mass is 10.0. The van der Waals surface area contributed by atoms with Gasteiger partial charge in [-0.05, 0) is 24.0 Å². The van der Waals surface area contributed by atoms with Gasteiger partial charge < -0.3 is 4.74 Å². The summed E-state index contributed by atoms with van der Waals surface area (Å²) in [6, 6.07) is 0. The minimum atomic E-state index is 0.748. The first-order valence-electron chi connectivity index (χ1n) is 4.47.